The van der Waals surface area contributed by atoms with Crippen molar-refractivity contribution in [3.63, 3.8) is 0 Å². The maximum Gasteiger partial charge on any atom is 0.252 e. The van der Waals surface area contributed by atoms with Crippen LogP contribution in [0.1, 0.15) is 21.7 Å². The predicted octanol–water partition coefficient (Wildman–Crippen LogP) is 3.26. The topological polar surface area (TPSA) is 67.2 Å². The van der Waals surface area contributed by atoms with Crippen LogP contribution in [-0.2, 0) is 13.0 Å². The molecule has 24 heavy (non-hydrogen) atoms. The van der Waals surface area contributed by atoms with Gasteiger partial charge in [-0.2, -0.15) is 0 Å². The summed E-state index contributed by atoms with van der Waals surface area (Å²) in [6, 6.07) is 15.6. The minimum absolute atomic E-state index is 0.125. The number of benzene rings is 1. The van der Waals surface area contributed by atoms with Crippen molar-refractivity contribution in [3.05, 3.63) is 84.1 Å². The Morgan fingerprint density at radius 2 is 1.96 bits per heavy atom. The van der Waals surface area contributed by atoms with E-state index < -0.39 is 0 Å². The Labute approximate surface area is 140 Å². The van der Waals surface area contributed by atoms with Gasteiger partial charge in [0.15, 0.2) is 0 Å². The fraction of sp³-hybridized carbons (Fsp3) is 0.158. The highest BCUT2D eigenvalue weighted by Crippen LogP contribution is 2.11. The minimum atomic E-state index is -0.125. The monoisotopic (exact) mass is 321 g/mol. The molecule has 1 amide bonds. The van der Waals surface area contributed by atoms with Gasteiger partial charge in [0.1, 0.15) is 5.76 Å². The van der Waals surface area contributed by atoms with Crippen molar-refractivity contribution >= 4 is 11.6 Å². The maximum absolute atomic E-state index is 12.2. The van der Waals surface area contributed by atoms with Crippen LogP contribution in [0.2, 0.25) is 0 Å². The highest BCUT2D eigenvalue weighted by Gasteiger charge is 2.07. The van der Waals surface area contributed by atoms with Crippen LogP contribution in [0.15, 0.2) is 71.6 Å². The number of furan rings is 1. The third-order valence-corrected chi connectivity index (χ3v) is 3.59. The number of hydrogen-bond donors (Lipinski definition) is 2. The summed E-state index contributed by atoms with van der Waals surface area (Å²) in [5, 5.41) is 6.11. The molecule has 122 valence electrons. The van der Waals surface area contributed by atoms with Gasteiger partial charge >= 0.3 is 0 Å². The van der Waals surface area contributed by atoms with E-state index in [1.807, 2.05) is 42.5 Å². The summed E-state index contributed by atoms with van der Waals surface area (Å²) in [6.45, 7) is 1.14. The number of pyridine rings is 1. The lowest BCUT2D eigenvalue weighted by molar-refractivity contribution is 0.0954. The molecule has 0 aliphatic rings. The highest BCUT2D eigenvalue weighted by molar-refractivity contribution is 5.94. The summed E-state index contributed by atoms with van der Waals surface area (Å²) in [4.78, 5) is 16.3. The van der Waals surface area contributed by atoms with E-state index in [1.54, 1.807) is 24.7 Å². The number of carbonyl (C=O) groups is 1. The first-order chi connectivity index (χ1) is 11.8. The molecule has 0 aliphatic carbocycles. The number of anilines is 1. The summed E-state index contributed by atoms with van der Waals surface area (Å²) in [6.07, 6.45) is 5.68. The van der Waals surface area contributed by atoms with E-state index in [0.29, 0.717) is 18.7 Å². The summed E-state index contributed by atoms with van der Waals surface area (Å²) in [5.41, 5.74) is 2.51. The van der Waals surface area contributed by atoms with Gasteiger partial charge in [-0.1, -0.05) is 30.3 Å². The second kappa shape index (κ2) is 7.97. The fourth-order valence-electron chi connectivity index (χ4n) is 2.33. The summed E-state index contributed by atoms with van der Waals surface area (Å²) >= 11 is 0. The number of hydrogen-bond acceptors (Lipinski definition) is 4. The van der Waals surface area contributed by atoms with Crippen LogP contribution in [0.3, 0.4) is 0 Å². The van der Waals surface area contributed by atoms with Gasteiger partial charge in [0.25, 0.3) is 5.91 Å². The van der Waals surface area contributed by atoms with Gasteiger partial charge in [0.05, 0.1) is 24.1 Å². The van der Waals surface area contributed by atoms with Crippen molar-refractivity contribution in [1.29, 1.82) is 0 Å². The Balaban J connectivity index is 1.52. The van der Waals surface area contributed by atoms with Gasteiger partial charge in [0, 0.05) is 18.9 Å². The normalized spacial score (nSPS) is 10.3. The molecule has 0 spiro atoms. The molecule has 0 aliphatic heterocycles. The molecular weight excluding hydrogens is 302 g/mol. The Bertz CT molecular complexity index is 770. The Kier molecular flexibility index (Phi) is 5.24. The Hall–Kier alpha value is -3.08. The number of nitrogens with zero attached hydrogens (tertiary/aromatic N) is 1. The largest absolute Gasteiger partial charge is 0.467 e. The van der Waals surface area contributed by atoms with E-state index in [4.69, 9.17) is 4.42 Å². The van der Waals surface area contributed by atoms with Crippen molar-refractivity contribution in [1.82, 2.24) is 10.3 Å². The molecule has 0 saturated heterocycles. The van der Waals surface area contributed by atoms with Crippen LogP contribution in [0.5, 0.6) is 0 Å². The molecule has 2 N–H and O–H groups in total. The predicted molar refractivity (Wildman–Crippen MR) is 92.8 cm³/mol. The van der Waals surface area contributed by atoms with Crippen LogP contribution in [-0.4, -0.2) is 17.4 Å². The van der Waals surface area contributed by atoms with Crippen LogP contribution in [0, 0.1) is 0 Å². The lowest BCUT2D eigenvalue weighted by Gasteiger charge is -2.08. The van der Waals surface area contributed by atoms with Gasteiger partial charge in [-0.3, -0.25) is 9.78 Å². The number of nitrogens with one attached hydrogen (secondary N) is 2. The van der Waals surface area contributed by atoms with Crippen LogP contribution in [0.4, 0.5) is 5.69 Å². The number of carbonyl (C=O) groups excluding carboxylic acids is 1. The summed E-state index contributed by atoms with van der Waals surface area (Å²) < 4.78 is 5.27. The van der Waals surface area contributed by atoms with Gasteiger partial charge in [-0.15, -0.1) is 0 Å². The van der Waals surface area contributed by atoms with E-state index in [2.05, 4.69) is 15.6 Å². The number of amides is 1. The van der Waals surface area contributed by atoms with Crippen LogP contribution < -0.4 is 10.6 Å². The van der Waals surface area contributed by atoms with E-state index in [1.165, 1.54) is 5.56 Å². The van der Waals surface area contributed by atoms with Crippen molar-refractivity contribution < 1.29 is 9.21 Å². The summed E-state index contributed by atoms with van der Waals surface area (Å²) in [7, 11) is 0. The first kappa shape index (κ1) is 15.8. The average Bonchev–Trinajstić information content (AvgIpc) is 3.15. The lowest BCUT2D eigenvalue weighted by atomic mass is 10.1. The molecule has 0 unspecified atom stereocenters. The van der Waals surface area contributed by atoms with Crippen molar-refractivity contribution in [2.45, 2.75) is 13.0 Å². The second-order valence-corrected chi connectivity index (χ2v) is 5.39. The summed E-state index contributed by atoms with van der Waals surface area (Å²) in [5.74, 6) is 0.702. The van der Waals surface area contributed by atoms with E-state index in [9.17, 15) is 4.79 Å². The zero-order valence-corrected chi connectivity index (χ0v) is 13.2. The second-order valence-electron chi connectivity index (χ2n) is 5.39. The molecule has 5 nitrogen and oxygen atoms in total. The lowest BCUT2D eigenvalue weighted by Crippen LogP contribution is -2.25. The minimum Gasteiger partial charge on any atom is -0.467 e. The molecule has 1 aromatic carbocycles. The highest BCUT2D eigenvalue weighted by atomic mass is 16.3. The molecule has 0 radical (unpaired) electrons. The molecule has 2 heterocycles. The van der Waals surface area contributed by atoms with Crippen molar-refractivity contribution in [3.8, 4) is 0 Å². The average molecular weight is 321 g/mol. The Morgan fingerprint density at radius 1 is 1.08 bits per heavy atom. The van der Waals surface area contributed by atoms with Crippen LogP contribution in [0.25, 0.3) is 0 Å². The van der Waals surface area contributed by atoms with Gasteiger partial charge in [-0.05, 0) is 30.2 Å². The molecule has 0 bridgehead atoms. The fourth-order valence-corrected chi connectivity index (χ4v) is 2.33. The van der Waals surface area contributed by atoms with Gasteiger partial charge < -0.3 is 15.1 Å². The van der Waals surface area contributed by atoms with Gasteiger partial charge in [-0.25, -0.2) is 0 Å². The maximum atomic E-state index is 12.2. The van der Waals surface area contributed by atoms with Crippen molar-refractivity contribution in [2.75, 3.05) is 11.9 Å². The zero-order valence-electron chi connectivity index (χ0n) is 13.2. The van der Waals surface area contributed by atoms with Gasteiger partial charge in [0.2, 0.25) is 0 Å². The number of rotatable bonds is 7. The molecule has 3 rings (SSSR count). The zero-order chi connectivity index (χ0) is 16.6. The molecule has 3 aromatic rings. The molecule has 0 fully saturated rings. The van der Waals surface area contributed by atoms with Crippen LogP contribution >= 0.6 is 0 Å². The standard InChI is InChI=1S/C19H19N3O2/c23-19(21-9-8-15-5-2-1-3-6-15)16-11-17(13-20-12-16)22-14-18-7-4-10-24-18/h1-7,10-13,22H,8-9,14H2,(H,21,23). The van der Waals surface area contributed by atoms with E-state index in [-0.39, 0.29) is 5.91 Å². The SMILES string of the molecule is O=C(NCCc1ccccc1)c1cncc(NCc2ccco2)c1. The first-order valence-electron chi connectivity index (χ1n) is 7.85. The number of aromatic nitrogens is 1. The smallest absolute Gasteiger partial charge is 0.252 e. The molecule has 5 heteroatoms. The molecular formula is C19H19N3O2. The first-order valence-corrected chi connectivity index (χ1v) is 7.85. The van der Waals surface area contributed by atoms with E-state index in [0.717, 1.165) is 17.9 Å². The third kappa shape index (κ3) is 4.46. The quantitative estimate of drug-likeness (QED) is 0.701. The molecule has 0 saturated carbocycles. The molecule has 2 aromatic heterocycles. The Morgan fingerprint density at radius 3 is 2.75 bits per heavy atom. The van der Waals surface area contributed by atoms with Crippen molar-refractivity contribution in [2.24, 2.45) is 0 Å². The molecule has 0 atom stereocenters. The van der Waals surface area contributed by atoms with E-state index >= 15 is 0 Å². The third-order valence-electron chi connectivity index (χ3n) is 3.59.